The second-order valence-corrected chi connectivity index (χ2v) is 7.03. The van der Waals surface area contributed by atoms with Gasteiger partial charge in [0.05, 0.1) is 25.2 Å². The molecule has 140 valence electrons. The molecule has 27 heavy (non-hydrogen) atoms. The molecule has 1 fully saturated rings. The normalized spacial score (nSPS) is 15.5. The van der Waals surface area contributed by atoms with Crippen LogP contribution in [-0.4, -0.2) is 29.8 Å². The Bertz CT molecular complexity index is 907. The minimum atomic E-state index is -0.277. The van der Waals surface area contributed by atoms with Crippen molar-refractivity contribution in [1.82, 2.24) is 4.90 Å². The van der Waals surface area contributed by atoms with Crippen LogP contribution in [0.3, 0.4) is 0 Å². The molecule has 0 atom stereocenters. The van der Waals surface area contributed by atoms with E-state index in [1.807, 2.05) is 44.2 Å². The molecule has 0 radical (unpaired) electrons. The van der Waals surface area contributed by atoms with Gasteiger partial charge in [-0.3, -0.25) is 14.5 Å². The van der Waals surface area contributed by atoms with Crippen LogP contribution in [0, 0.1) is 6.92 Å². The number of thioether (sulfide) groups is 1. The van der Waals surface area contributed by atoms with E-state index in [4.69, 9.17) is 9.47 Å². The molecule has 1 aliphatic heterocycles. The Hall–Kier alpha value is -2.73. The van der Waals surface area contributed by atoms with Crippen molar-refractivity contribution < 1.29 is 19.1 Å². The first-order valence-electron chi connectivity index (χ1n) is 8.64. The van der Waals surface area contributed by atoms with E-state index in [0.717, 1.165) is 28.5 Å². The molecule has 0 aromatic heterocycles. The van der Waals surface area contributed by atoms with Gasteiger partial charge in [-0.2, -0.15) is 0 Å². The van der Waals surface area contributed by atoms with Crippen LogP contribution in [0.2, 0.25) is 0 Å². The number of carbonyl (C=O) groups is 2. The molecule has 0 unspecified atom stereocenters. The van der Waals surface area contributed by atoms with Crippen LogP contribution in [-0.2, 0) is 11.3 Å². The van der Waals surface area contributed by atoms with Crippen LogP contribution < -0.4 is 9.47 Å². The molecule has 0 N–H and O–H groups in total. The molecule has 2 aromatic carbocycles. The van der Waals surface area contributed by atoms with Crippen molar-refractivity contribution in [2.45, 2.75) is 20.4 Å². The van der Waals surface area contributed by atoms with Crippen molar-refractivity contribution in [2.75, 3.05) is 13.7 Å². The van der Waals surface area contributed by atoms with E-state index >= 15 is 0 Å². The fraction of sp³-hybridized carbons (Fsp3) is 0.238. The molecule has 1 aliphatic rings. The van der Waals surface area contributed by atoms with Gasteiger partial charge in [0.1, 0.15) is 0 Å². The van der Waals surface area contributed by atoms with Crippen LogP contribution in [0.5, 0.6) is 11.5 Å². The lowest BCUT2D eigenvalue weighted by Crippen LogP contribution is -2.27. The Labute approximate surface area is 163 Å². The molecule has 1 saturated heterocycles. The van der Waals surface area contributed by atoms with Crippen LogP contribution in [0.1, 0.15) is 23.6 Å². The molecule has 0 spiro atoms. The monoisotopic (exact) mass is 383 g/mol. The molecule has 0 bridgehead atoms. The number of benzene rings is 2. The average Bonchev–Trinajstić information content (AvgIpc) is 2.92. The lowest BCUT2D eigenvalue weighted by atomic mass is 10.1. The third kappa shape index (κ3) is 4.17. The van der Waals surface area contributed by atoms with E-state index in [9.17, 15) is 9.59 Å². The highest BCUT2D eigenvalue weighted by Crippen LogP contribution is 2.35. The SMILES string of the molecule is CCOc1ccc(/C=C2\SC(=O)N(Cc3ccccc3C)C2=O)cc1OC. The number of aryl methyl sites for hydroxylation is 1. The Kier molecular flexibility index (Phi) is 5.86. The summed E-state index contributed by atoms with van der Waals surface area (Å²) in [5.41, 5.74) is 2.79. The predicted octanol–water partition coefficient (Wildman–Crippen LogP) is 4.64. The number of carbonyl (C=O) groups excluding carboxylic acids is 2. The molecule has 6 heteroatoms. The van der Waals surface area contributed by atoms with Gasteiger partial charge in [-0.05, 0) is 60.5 Å². The first kappa shape index (κ1) is 19.0. The van der Waals surface area contributed by atoms with Crippen molar-refractivity contribution in [3.63, 3.8) is 0 Å². The Morgan fingerprint density at radius 2 is 1.89 bits per heavy atom. The maximum Gasteiger partial charge on any atom is 0.293 e. The Balaban J connectivity index is 1.83. The molecular formula is C21H21NO4S. The van der Waals surface area contributed by atoms with E-state index in [-0.39, 0.29) is 17.7 Å². The van der Waals surface area contributed by atoms with Gasteiger partial charge in [0.2, 0.25) is 0 Å². The van der Waals surface area contributed by atoms with E-state index in [0.29, 0.717) is 23.0 Å². The summed E-state index contributed by atoms with van der Waals surface area (Å²) >= 11 is 0.956. The maximum atomic E-state index is 12.7. The average molecular weight is 383 g/mol. The lowest BCUT2D eigenvalue weighted by Gasteiger charge is -2.14. The Morgan fingerprint density at radius 1 is 1.11 bits per heavy atom. The molecule has 2 aromatic rings. The maximum absolute atomic E-state index is 12.7. The molecule has 3 rings (SSSR count). The fourth-order valence-corrected chi connectivity index (χ4v) is 3.63. The molecule has 0 saturated carbocycles. The van der Waals surface area contributed by atoms with E-state index in [2.05, 4.69) is 0 Å². The summed E-state index contributed by atoms with van der Waals surface area (Å²) in [7, 11) is 1.57. The van der Waals surface area contributed by atoms with Gasteiger partial charge in [-0.25, -0.2) is 0 Å². The van der Waals surface area contributed by atoms with Gasteiger partial charge in [0, 0.05) is 0 Å². The Morgan fingerprint density at radius 3 is 2.59 bits per heavy atom. The van der Waals surface area contributed by atoms with Crippen LogP contribution in [0.15, 0.2) is 47.4 Å². The number of amides is 2. The molecule has 1 heterocycles. The zero-order chi connectivity index (χ0) is 19.4. The lowest BCUT2D eigenvalue weighted by molar-refractivity contribution is -0.123. The second-order valence-electron chi connectivity index (χ2n) is 6.04. The van der Waals surface area contributed by atoms with Crippen LogP contribution in [0.4, 0.5) is 4.79 Å². The van der Waals surface area contributed by atoms with Crippen molar-refractivity contribution in [1.29, 1.82) is 0 Å². The smallest absolute Gasteiger partial charge is 0.293 e. The second kappa shape index (κ2) is 8.31. The number of ether oxygens (including phenoxy) is 2. The highest BCUT2D eigenvalue weighted by molar-refractivity contribution is 8.18. The van der Waals surface area contributed by atoms with Gasteiger partial charge in [-0.15, -0.1) is 0 Å². The number of rotatable bonds is 6. The van der Waals surface area contributed by atoms with Gasteiger partial charge < -0.3 is 9.47 Å². The molecule has 2 amide bonds. The van der Waals surface area contributed by atoms with Gasteiger partial charge in [0.15, 0.2) is 11.5 Å². The van der Waals surface area contributed by atoms with Gasteiger partial charge in [-0.1, -0.05) is 30.3 Å². The van der Waals surface area contributed by atoms with Crippen LogP contribution in [0.25, 0.3) is 6.08 Å². The van der Waals surface area contributed by atoms with Crippen molar-refractivity contribution in [3.05, 3.63) is 64.1 Å². The van der Waals surface area contributed by atoms with Crippen molar-refractivity contribution in [2.24, 2.45) is 0 Å². The van der Waals surface area contributed by atoms with E-state index < -0.39 is 0 Å². The zero-order valence-corrected chi connectivity index (χ0v) is 16.3. The number of hydrogen-bond acceptors (Lipinski definition) is 5. The number of methoxy groups -OCH3 is 1. The molecule has 5 nitrogen and oxygen atoms in total. The summed E-state index contributed by atoms with van der Waals surface area (Å²) in [5.74, 6) is 0.954. The van der Waals surface area contributed by atoms with E-state index in [1.54, 1.807) is 25.3 Å². The van der Waals surface area contributed by atoms with Crippen molar-refractivity contribution >= 4 is 29.0 Å². The minimum absolute atomic E-state index is 0.257. The van der Waals surface area contributed by atoms with Gasteiger partial charge >= 0.3 is 0 Å². The summed E-state index contributed by atoms with van der Waals surface area (Å²) in [4.78, 5) is 26.8. The minimum Gasteiger partial charge on any atom is -0.493 e. The summed E-state index contributed by atoms with van der Waals surface area (Å²) in [6, 6.07) is 13.2. The van der Waals surface area contributed by atoms with Gasteiger partial charge in [0.25, 0.3) is 11.1 Å². The fourth-order valence-electron chi connectivity index (χ4n) is 2.79. The number of hydrogen-bond donors (Lipinski definition) is 0. The molecular weight excluding hydrogens is 362 g/mol. The number of nitrogens with zero attached hydrogens (tertiary/aromatic N) is 1. The zero-order valence-electron chi connectivity index (χ0n) is 15.5. The highest BCUT2D eigenvalue weighted by atomic mass is 32.2. The summed E-state index contributed by atoms with van der Waals surface area (Å²) in [5, 5.41) is -0.257. The topological polar surface area (TPSA) is 55.8 Å². The quantitative estimate of drug-likeness (QED) is 0.680. The van der Waals surface area contributed by atoms with Crippen molar-refractivity contribution in [3.8, 4) is 11.5 Å². The first-order chi connectivity index (χ1) is 13.0. The standard InChI is InChI=1S/C21H21NO4S/c1-4-26-17-10-9-15(11-18(17)25-3)12-19-20(23)22(21(24)27-19)13-16-8-6-5-7-14(16)2/h5-12H,4,13H2,1-3H3/b19-12-. The van der Waals surface area contributed by atoms with E-state index in [1.165, 1.54) is 4.90 Å². The first-order valence-corrected chi connectivity index (χ1v) is 9.46. The molecule has 0 aliphatic carbocycles. The number of imide groups is 1. The third-order valence-electron chi connectivity index (χ3n) is 4.25. The predicted molar refractivity (Wildman–Crippen MR) is 107 cm³/mol. The summed E-state index contributed by atoms with van der Waals surface area (Å²) < 4.78 is 10.8. The summed E-state index contributed by atoms with van der Waals surface area (Å²) in [6.45, 7) is 4.68. The highest BCUT2D eigenvalue weighted by Gasteiger charge is 2.35. The largest absolute Gasteiger partial charge is 0.493 e. The summed E-state index contributed by atoms with van der Waals surface area (Å²) in [6.07, 6.45) is 1.71. The van der Waals surface area contributed by atoms with Crippen LogP contribution >= 0.6 is 11.8 Å². The third-order valence-corrected chi connectivity index (χ3v) is 5.16.